The molecule has 3 nitrogen and oxygen atoms in total. The van der Waals surface area contributed by atoms with E-state index in [0.29, 0.717) is 19.1 Å². The number of hydrogen-bond acceptors (Lipinski definition) is 3. The van der Waals surface area contributed by atoms with E-state index in [1.807, 2.05) is 7.05 Å². The molecule has 0 radical (unpaired) electrons. The number of halogens is 1. The Morgan fingerprint density at radius 2 is 2.00 bits per heavy atom. The first kappa shape index (κ1) is 17.6. The SMILES string of the molecule is CNCC(CCCOCCOC)Cc1ccccc1Br. The van der Waals surface area contributed by atoms with Gasteiger partial charge >= 0.3 is 0 Å². The average molecular weight is 344 g/mol. The Bertz CT molecular complexity index is 360. The highest BCUT2D eigenvalue weighted by Crippen LogP contribution is 2.21. The van der Waals surface area contributed by atoms with E-state index < -0.39 is 0 Å². The van der Waals surface area contributed by atoms with Crippen molar-refractivity contribution < 1.29 is 9.47 Å². The Hall–Kier alpha value is -0.420. The minimum absolute atomic E-state index is 0.643. The third-order valence-corrected chi connectivity index (χ3v) is 4.07. The van der Waals surface area contributed by atoms with Crippen LogP contribution in [0, 0.1) is 5.92 Å². The Balaban J connectivity index is 2.31. The van der Waals surface area contributed by atoms with Crippen molar-refractivity contribution >= 4 is 15.9 Å². The third-order valence-electron chi connectivity index (χ3n) is 3.29. The summed E-state index contributed by atoms with van der Waals surface area (Å²) in [7, 11) is 3.71. The molecule has 0 amide bonds. The molecule has 0 aromatic heterocycles. The molecule has 0 aliphatic rings. The molecule has 20 heavy (non-hydrogen) atoms. The van der Waals surface area contributed by atoms with Crippen LogP contribution in [0.2, 0.25) is 0 Å². The van der Waals surface area contributed by atoms with E-state index in [-0.39, 0.29) is 0 Å². The Morgan fingerprint density at radius 1 is 1.20 bits per heavy atom. The van der Waals surface area contributed by atoms with E-state index in [1.54, 1.807) is 7.11 Å². The monoisotopic (exact) mass is 343 g/mol. The zero-order valence-corrected chi connectivity index (χ0v) is 14.1. The fourth-order valence-corrected chi connectivity index (χ4v) is 2.70. The van der Waals surface area contributed by atoms with Crippen molar-refractivity contribution in [2.24, 2.45) is 5.92 Å². The molecule has 1 unspecified atom stereocenters. The molecular formula is C16H26BrNO2. The zero-order chi connectivity index (χ0) is 14.6. The van der Waals surface area contributed by atoms with Crippen molar-refractivity contribution in [1.82, 2.24) is 5.32 Å². The number of rotatable bonds is 11. The molecule has 4 heteroatoms. The molecule has 0 aliphatic heterocycles. The van der Waals surface area contributed by atoms with Crippen LogP contribution in [0.5, 0.6) is 0 Å². The maximum Gasteiger partial charge on any atom is 0.0700 e. The Labute approximate surface area is 131 Å². The predicted molar refractivity (Wildman–Crippen MR) is 87.2 cm³/mol. The minimum Gasteiger partial charge on any atom is -0.382 e. The first-order valence-electron chi connectivity index (χ1n) is 7.22. The lowest BCUT2D eigenvalue weighted by Gasteiger charge is -2.17. The van der Waals surface area contributed by atoms with Crippen molar-refractivity contribution in [1.29, 1.82) is 0 Å². The summed E-state index contributed by atoms with van der Waals surface area (Å²) < 4.78 is 11.7. The van der Waals surface area contributed by atoms with Crippen molar-refractivity contribution in [2.75, 3.05) is 40.5 Å². The van der Waals surface area contributed by atoms with Crippen LogP contribution in [0.1, 0.15) is 18.4 Å². The zero-order valence-electron chi connectivity index (χ0n) is 12.5. The summed E-state index contributed by atoms with van der Waals surface area (Å²) in [6.45, 7) is 3.23. The van der Waals surface area contributed by atoms with Gasteiger partial charge in [0.25, 0.3) is 0 Å². The molecule has 0 saturated carbocycles. The van der Waals surface area contributed by atoms with Gasteiger partial charge in [0, 0.05) is 18.2 Å². The standard InChI is InChI=1S/C16H26BrNO2/c1-18-13-14(6-5-9-20-11-10-19-2)12-15-7-3-4-8-16(15)17/h3-4,7-8,14,18H,5-6,9-13H2,1-2H3. The van der Waals surface area contributed by atoms with E-state index in [2.05, 4.69) is 45.5 Å². The van der Waals surface area contributed by atoms with Gasteiger partial charge in [0.15, 0.2) is 0 Å². The quantitative estimate of drug-likeness (QED) is 0.625. The summed E-state index contributed by atoms with van der Waals surface area (Å²) in [4.78, 5) is 0. The summed E-state index contributed by atoms with van der Waals surface area (Å²) in [5.74, 6) is 0.643. The van der Waals surface area contributed by atoms with Gasteiger partial charge < -0.3 is 14.8 Å². The Kier molecular flexibility index (Phi) is 9.93. The van der Waals surface area contributed by atoms with E-state index >= 15 is 0 Å². The topological polar surface area (TPSA) is 30.5 Å². The fourth-order valence-electron chi connectivity index (χ4n) is 2.26. The fraction of sp³-hybridized carbons (Fsp3) is 0.625. The van der Waals surface area contributed by atoms with Crippen LogP contribution in [0.25, 0.3) is 0 Å². The molecule has 0 fully saturated rings. The number of hydrogen-bond donors (Lipinski definition) is 1. The lowest BCUT2D eigenvalue weighted by Crippen LogP contribution is -2.21. The lowest BCUT2D eigenvalue weighted by molar-refractivity contribution is 0.0672. The van der Waals surface area contributed by atoms with Crippen LogP contribution in [0.3, 0.4) is 0 Å². The molecule has 1 atom stereocenters. The molecule has 114 valence electrons. The van der Waals surface area contributed by atoms with Gasteiger partial charge in [0.2, 0.25) is 0 Å². The number of benzene rings is 1. The average Bonchev–Trinajstić information content (AvgIpc) is 2.45. The first-order chi connectivity index (χ1) is 9.77. The Morgan fingerprint density at radius 3 is 2.70 bits per heavy atom. The minimum atomic E-state index is 0.643. The highest BCUT2D eigenvalue weighted by molar-refractivity contribution is 9.10. The van der Waals surface area contributed by atoms with Crippen molar-refractivity contribution in [3.05, 3.63) is 34.3 Å². The molecule has 0 bridgehead atoms. The number of nitrogens with one attached hydrogen (secondary N) is 1. The molecule has 1 N–H and O–H groups in total. The molecule has 0 spiro atoms. The molecular weight excluding hydrogens is 318 g/mol. The molecule has 0 heterocycles. The number of methoxy groups -OCH3 is 1. The lowest BCUT2D eigenvalue weighted by atomic mass is 9.95. The maximum absolute atomic E-state index is 5.52. The van der Waals surface area contributed by atoms with Gasteiger partial charge in [-0.3, -0.25) is 0 Å². The highest BCUT2D eigenvalue weighted by atomic mass is 79.9. The van der Waals surface area contributed by atoms with E-state index in [9.17, 15) is 0 Å². The van der Waals surface area contributed by atoms with Crippen LogP contribution in [-0.2, 0) is 15.9 Å². The van der Waals surface area contributed by atoms with Gasteiger partial charge in [0.05, 0.1) is 13.2 Å². The third kappa shape index (κ3) is 7.39. The molecule has 1 aromatic rings. The molecule has 1 rings (SSSR count). The second-order valence-electron chi connectivity index (χ2n) is 4.97. The van der Waals surface area contributed by atoms with Crippen LogP contribution < -0.4 is 5.32 Å². The van der Waals surface area contributed by atoms with Crippen LogP contribution in [0.15, 0.2) is 28.7 Å². The van der Waals surface area contributed by atoms with Gasteiger partial charge in [-0.25, -0.2) is 0 Å². The summed E-state index contributed by atoms with van der Waals surface area (Å²) in [6, 6.07) is 8.47. The smallest absolute Gasteiger partial charge is 0.0700 e. The summed E-state index contributed by atoms with van der Waals surface area (Å²) >= 11 is 3.63. The van der Waals surface area contributed by atoms with Crippen LogP contribution in [-0.4, -0.2) is 40.5 Å². The second kappa shape index (κ2) is 11.3. The van der Waals surface area contributed by atoms with Crippen LogP contribution in [0.4, 0.5) is 0 Å². The van der Waals surface area contributed by atoms with E-state index in [1.165, 1.54) is 16.5 Å². The molecule has 0 saturated heterocycles. The van der Waals surface area contributed by atoms with Crippen LogP contribution >= 0.6 is 15.9 Å². The van der Waals surface area contributed by atoms with Crippen molar-refractivity contribution in [2.45, 2.75) is 19.3 Å². The normalized spacial score (nSPS) is 12.6. The second-order valence-corrected chi connectivity index (χ2v) is 5.82. The van der Waals surface area contributed by atoms with Gasteiger partial charge in [-0.2, -0.15) is 0 Å². The van der Waals surface area contributed by atoms with Crippen molar-refractivity contribution in [3.8, 4) is 0 Å². The maximum atomic E-state index is 5.52. The van der Waals surface area contributed by atoms with E-state index in [4.69, 9.17) is 9.47 Å². The summed E-state index contributed by atoms with van der Waals surface area (Å²) in [5, 5.41) is 3.29. The van der Waals surface area contributed by atoms with Gasteiger partial charge in [0.1, 0.15) is 0 Å². The van der Waals surface area contributed by atoms with Gasteiger partial charge in [-0.15, -0.1) is 0 Å². The molecule has 1 aromatic carbocycles. The van der Waals surface area contributed by atoms with Gasteiger partial charge in [-0.1, -0.05) is 34.1 Å². The number of ether oxygens (including phenoxy) is 2. The first-order valence-corrected chi connectivity index (χ1v) is 8.02. The van der Waals surface area contributed by atoms with E-state index in [0.717, 1.165) is 26.0 Å². The van der Waals surface area contributed by atoms with Crippen molar-refractivity contribution in [3.63, 3.8) is 0 Å². The highest BCUT2D eigenvalue weighted by Gasteiger charge is 2.10. The largest absolute Gasteiger partial charge is 0.382 e. The molecule has 0 aliphatic carbocycles. The van der Waals surface area contributed by atoms with Gasteiger partial charge in [-0.05, 0) is 50.4 Å². The summed E-state index contributed by atoms with van der Waals surface area (Å²) in [6.07, 6.45) is 3.37. The predicted octanol–water partition coefficient (Wildman–Crippen LogP) is 3.27. The summed E-state index contributed by atoms with van der Waals surface area (Å²) in [5.41, 5.74) is 1.38.